The van der Waals surface area contributed by atoms with Crippen molar-refractivity contribution >= 4 is 119 Å². The first-order valence-electron chi connectivity index (χ1n) is 32.8. The Bertz CT molecular complexity index is 4440. The van der Waals surface area contributed by atoms with Gasteiger partial charge in [-0.05, 0) is 138 Å². The van der Waals surface area contributed by atoms with Crippen LogP contribution in [0.4, 0.5) is 42.9 Å². The lowest BCUT2D eigenvalue weighted by Gasteiger charge is -2.33. The molecule has 0 aliphatic carbocycles. The topological polar surface area (TPSA) is 6.48 Å². The number of anilines is 6. The highest BCUT2D eigenvalue weighted by molar-refractivity contribution is 6.90. The zero-order valence-corrected chi connectivity index (χ0v) is 61.4. The van der Waals surface area contributed by atoms with Crippen molar-refractivity contribution in [1.82, 2.24) is 0 Å². The van der Waals surface area contributed by atoms with Crippen molar-refractivity contribution in [3.05, 3.63) is 241 Å². The number of nitrogens with zero attached hydrogens (tertiary/aromatic N) is 2. The van der Waals surface area contributed by atoms with Gasteiger partial charge in [0.2, 0.25) is 0 Å². The van der Waals surface area contributed by atoms with Gasteiger partial charge in [-0.1, -0.05) is 299 Å². The average Bonchev–Trinajstić information content (AvgIpc) is 0.721. The molecule has 0 amide bonds. The van der Waals surface area contributed by atoms with Gasteiger partial charge in [-0.3, -0.25) is 0 Å². The minimum absolute atomic E-state index is 0.199. The van der Waals surface area contributed by atoms with Crippen LogP contribution < -0.4 is 30.5 Å². The molecule has 0 aromatic heterocycles. The van der Waals surface area contributed by atoms with Crippen molar-refractivity contribution < 1.29 is 8.78 Å². The van der Waals surface area contributed by atoms with Crippen LogP contribution in [0.5, 0.6) is 0 Å². The molecular weight excluding hydrogens is 1190 g/mol. The van der Waals surface area contributed by atoms with Crippen LogP contribution in [-0.2, 0) is 10.8 Å². The molecule has 0 heterocycles. The highest BCUT2D eigenvalue weighted by atomic mass is 28.3. The van der Waals surface area contributed by atoms with E-state index in [1.54, 1.807) is 12.1 Å². The molecule has 0 saturated carbocycles. The number of hydrogen-bond donors (Lipinski definition) is 0. The highest BCUT2D eigenvalue weighted by Gasteiger charge is 2.31. The Morgan fingerprint density at radius 3 is 0.880 bits per heavy atom. The molecule has 12 rings (SSSR count). The summed E-state index contributed by atoms with van der Waals surface area (Å²) >= 11 is 0. The summed E-state index contributed by atoms with van der Waals surface area (Å²) < 4.78 is 37.4. The summed E-state index contributed by atoms with van der Waals surface area (Å²) in [6.45, 7) is 41.8. The van der Waals surface area contributed by atoms with Gasteiger partial charge in [0.05, 0.1) is 55.0 Å². The van der Waals surface area contributed by atoms with Gasteiger partial charge in [0.1, 0.15) is 11.6 Å². The molecule has 0 saturated heterocycles. The second-order valence-electron chi connectivity index (χ2n) is 31.9. The Hall–Kier alpha value is -7.99. The maximum Gasteiger partial charge on any atom is 0.148 e. The molecule has 0 radical (unpaired) electrons. The Kier molecular flexibility index (Phi) is 16.4. The Morgan fingerprint density at radius 2 is 0.587 bits per heavy atom. The van der Waals surface area contributed by atoms with Crippen LogP contribution >= 0.6 is 0 Å². The van der Waals surface area contributed by atoms with Crippen LogP contribution in [-0.4, -0.2) is 32.3 Å². The molecule has 466 valence electrons. The maximum atomic E-state index is 18.7. The van der Waals surface area contributed by atoms with Gasteiger partial charge < -0.3 is 9.80 Å². The van der Waals surface area contributed by atoms with Crippen molar-refractivity contribution in [1.29, 1.82) is 0 Å². The predicted molar refractivity (Wildman–Crippen MR) is 410 cm³/mol. The minimum atomic E-state index is -1.69. The van der Waals surface area contributed by atoms with E-state index in [9.17, 15) is 0 Å². The fourth-order valence-electron chi connectivity index (χ4n) is 13.2. The zero-order valence-electron chi connectivity index (χ0n) is 57.4. The van der Waals surface area contributed by atoms with E-state index in [1.165, 1.54) is 20.7 Å². The van der Waals surface area contributed by atoms with Crippen molar-refractivity contribution in [2.75, 3.05) is 9.80 Å². The third-order valence-electron chi connectivity index (χ3n) is 18.9. The SMILES string of the molecule is CC(C)(C)c1cccc(N(c2c(F)cc(-c3ccc([Si](C)(C)C)cc3)cc2-c2ccc([Si](C)(C)C)cc2)c2ccc3ccc4c(N(c5cccc(C(C)(C)C)c5)c5c(F)cc(-c6ccc([Si](C)(C)C)cc6)cc5-c5ccc([Si](C)(C)C)cc5)ccc5ccc2c3c54)c1. The van der Waals surface area contributed by atoms with Crippen molar-refractivity contribution in [3.8, 4) is 44.5 Å². The standard InChI is InChI=1S/C84H90F2N2Si4/c1-83(2,3)63-21-19-23-65(53-63)87(81-73(57-29-41-69(42-30-57)91(13,14)15)49-61(51-75(81)85)55-25-37-67(38-26-55)89(7,8)9)77-47-35-59-34-46-72-78(48-36-60-33-45-71(77)79(59)80(60)72)88(66-24-20-22-64(54-66)84(4,5)6)82-74(58-31-43-70(44-32-58)92(16,17)18)50-62(52-76(82)86)56-27-39-68(40-28-56)90(10,11)12/h19-54H,1-18H3. The fourth-order valence-corrected chi connectivity index (χ4v) is 17.9. The molecule has 0 spiro atoms. The van der Waals surface area contributed by atoms with Crippen LogP contribution in [0.15, 0.2) is 218 Å². The van der Waals surface area contributed by atoms with Gasteiger partial charge in [-0.15, -0.1) is 0 Å². The summed E-state index contributed by atoms with van der Waals surface area (Å²) in [5.41, 5.74) is 13.4. The third-order valence-corrected chi connectivity index (χ3v) is 27.2. The van der Waals surface area contributed by atoms with Crippen LogP contribution in [0.1, 0.15) is 52.7 Å². The molecule has 0 aliphatic heterocycles. The second kappa shape index (κ2) is 23.5. The lowest BCUT2D eigenvalue weighted by atomic mass is 9.86. The molecule has 8 heteroatoms. The molecule has 0 unspecified atom stereocenters. The molecule has 92 heavy (non-hydrogen) atoms. The summed E-state index contributed by atoms with van der Waals surface area (Å²) in [6.07, 6.45) is 0. The number of rotatable bonds is 14. The summed E-state index contributed by atoms with van der Waals surface area (Å²) in [4.78, 5) is 4.38. The molecule has 0 aliphatic rings. The summed E-state index contributed by atoms with van der Waals surface area (Å²) in [5, 5.41) is 11.6. The lowest BCUT2D eigenvalue weighted by molar-refractivity contribution is 0.590. The highest BCUT2D eigenvalue weighted by Crippen LogP contribution is 2.52. The van der Waals surface area contributed by atoms with Gasteiger partial charge in [-0.2, -0.15) is 0 Å². The molecule has 0 N–H and O–H groups in total. The van der Waals surface area contributed by atoms with Gasteiger partial charge >= 0.3 is 0 Å². The van der Waals surface area contributed by atoms with Crippen molar-refractivity contribution in [2.24, 2.45) is 0 Å². The van der Waals surface area contributed by atoms with Gasteiger partial charge in [-0.25, -0.2) is 8.78 Å². The summed E-state index contributed by atoms with van der Waals surface area (Å²) in [6, 6.07) is 78.5. The lowest BCUT2D eigenvalue weighted by Crippen LogP contribution is -2.37. The van der Waals surface area contributed by atoms with Gasteiger partial charge in [0.15, 0.2) is 0 Å². The smallest absolute Gasteiger partial charge is 0.148 e. The molecular formula is C84H90F2N2Si4. The number of hydrogen-bond acceptors (Lipinski definition) is 2. The third kappa shape index (κ3) is 12.4. The summed E-state index contributed by atoms with van der Waals surface area (Å²) in [7, 11) is -6.59. The van der Waals surface area contributed by atoms with Crippen molar-refractivity contribution in [2.45, 2.75) is 131 Å². The largest absolute Gasteiger partial charge is 0.307 e. The van der Waals surface area contributed by atoms with E-state index in [0.717, 1.165) is 111 Å². The first-order valence-corrected chi connectivity index (χ1v) is 46.8. The molecule has 2 nitrogen and oxygen atoms in total. The Morgan fingerprint density at radius 1 is 0.293 bits per heavy atom. The minimum Gasteiger partial charge on any atom is -0.307 e. The normalized spacial score (nSPS) is 12.8. The van der Waals surface area contributed by atoms with E-state index < -0.39 is 32.3 Å². The molecule has 12 aromatic carbocycles. The predicted octanol–water partition coefficient (Wildman–Crippen LogP) is 23.2. The average molecular weight is 1280 g/mol. The van der Waals surface area contributed by atoms with Crippen LogP contribution in [0.25, 0.3) is 76.8 Å². The van der Waals surface area contributed by atoms with Crippen LogP contribution in [0, 0.1) is 11.6 Å². The van der Waals surface area contributed by atoms with E-state index in [4.69, 9.17) is 0 Å². The second-order valence-corrected chi connectivity index (χ2v) is 52.2. The van der Waals surface area contributed by atoms with E-state index >= 15 is 8.78 Å². The van der Waals surface area contributed by atoms with Crippen molar-refractivity contribution in [3.63, 3.8) is 0 Å². The Balaban J connectivity index is 1.14. The van der Waals surface area contributed by atoms with E-state index in [2.05, 4.69) is 336 Å². The first kappa shape index (κ1) is 64.1. The van der Waals surface area contributed by atoms with Gasteiger partial charge in [0.25, 0.3) is 0 Å². The first-order chi connectivity index (χ1) is 43.2. The zero-order chi connectivity index (χ0) is 65.8. The number of benzene rings is 12. The molecule has 0 atom stereocenters. The van der Waals surface area contributed by atoms with E-state index in [-0.39, 0.29) is 22.5 Å². The van der Waals surface area contributed by atoms with E-state index in [0.29, 0.717) is 11.4 Å². The maximum absolute atomic E-state index is 18.7. The molecule has 0 fully saturated rings. The Labute approximate surface area is 551 Å². The van der Waals surface area contributed by atoms with Crippen LogP contribution in [0.2, 0.25) is 78.6 Å². The fraction of sp³-hybridized carbons (Fsp3) is 0.238. The van der Waals surface area contributed by atoms with Crippen LogP contribution in [0.3, 0.4) is 0 Å². The monoisotopic (exact) mass is 1280 g/mol. The molecule has 0 bridgehead atoms. The molecule has 12 aromatic rings. The van der Waals surface area contributed by atoms with Gasteiger partial charge in [0, 0.05) is 33.3 Å². The van der Waals surface area contributed by atoms with E-state index in [1.807, 2.05) is 0 Å². The number of halogens is 2. The summed E-state index contributed by atoms with van der Waals surface area (Å²) in [5.74, 6) is -0.628. The quantitative estimate of drug-likeness (QED) is 0.0791.